The molecule has 0 saturated heterocycles. The van der Waals surface area contributed by atoms with Crippen molar-refractivity contribution in [3.8, 4) is 11.8 Å². The van der Waals surface area contributed by atoms with Crippen LogP contribution in [0.2, 0.25) is 0 Å². The largest absolute Gasteiger partial charge is 0.398 e. The first-order valence-corrected chi connectivity index (χ1v) is 3.54. The van der Waals surface area contributed by atoms with Crippen molar-refractivity contribution in [2.24, 2.45) is 5.11 Å². The molecule has 1 rings (SSSR count). The Morgan fingerprint density at radius 1 is 1.69 bits per heavy atom. The molecule has 1 aromatic rings. The van der Waals surface area contributed by atoms with Crippen molar-refractivity contribution in [3.05, 3.63) is 34.5 Å². The number of hydrogen-bond acceptors (Lipinski definition) is 3. The lowest BCUT2D eigenvalue weighted by molar-refractivity contribution is 1.25. The summed E-state index contributed by atoms with van der Waals surface area (Å²) in [5.41, 5.74) is 14.8. The molecule has 0 aliphatic carbocycles. The number of pyridine rings is 1. The number of nitrogens with two attached hydrogens (primary N) is 1. The van der Waals surface area contributed by atoms with Crippen molar-refractivity contribution in [1.82, 2.24) is 4.98 Å². The van der Waals surface area contributed by atoms with Gasteiger partial charge in [0.15, 0.2) is 0 Å². The summed E-state index contributed by atoms with van der Waals surface area (Å²) in [5.74, 6) is 5.40. The first-order chi connectivity index (χ1) is 6.34. The highest BCUT2D eigenvalue weighted by Gasteiger charge is 1.90. The monoisotopic (exact) mass is 173 g/mol. The number of nitrogens with zero attached hydrogens (tertiary/aromatic N) is 4. The molecule has 1 aromatic heterocycles. The lowest BCUT2D eigenvalue weighted by Crippen LogP contribution is -1.90. The maximum atomic E-state index is 7.97. The third-order valence-corrected chi connectivity index (χ3v) is 1.29. The van der Waals surface area contributed by atoms with Gasteiger partial charge in [-0.15, -0.1) is 0 Å². The smallest absolute Gasteiger partial charge is 0.0880 e. The first-order valence-electron chi connectivity index (χ1n) is 3.54. The Bertz CT molecular complexity index is 394. The van der Waals surface area contributed by atoms with Crippen molar-refractivity contribution in [1.29, 1.82) is 0 Å². The van der Waals surface area contributed by atoms with Gasteiger partial charge < -0.3 is 5.73 Å². The van der Waals surface area contributed by atoms with Crippen molar-refractivity contribution in [3.63, 3.8) is 0 Å². The number of rotatable bonds is 1. The molecule has 0 bridgehead atoms. The lowest BCUT2D eigenvalue weighted by atomic mass is 10.2. The van der Waals surface area contributed by atoms with Crippen molar-refractivity contribution in [2.75, 3.05) is 12.3 Å². The van der Waals surface area contributed by atoms with Gasteiger partial charge in [0.1, 0.15) is 0 Å². The topological polar surface area (TPSA) is 87.7 Å². The molecule has 0 saturated carbocycles. The summed E-state index contributed by atoms with van der Waals surface area (Å²) in [6.45, 7) is 0.144. The minimum absolute atomic E-state index is 0.144. The van der Waals surface area contributed by atoms with Gasteiger partial charge in [-0.1, -0.05) is 17.0 Å². The highest BCUT2D eigenvalue weighted by Crippen LogP contribution is 2.05. The molecule has 0 aromatic carbocycles. The van der Waals surface area contributed by atoms with E-state index in [2.05, 4.69) is 26.9 Å². The summed E-state index contributed by atoms with van der Waals surface area (Å²) in [4.78, 5) is 6.42. The van der Waals surface area contributed by atoms with E-state index in [1.807, 2.05) is 0 Å². The van der Waals surface area contributed by atoms with E-state index in [4.69, 9.17) is 11.3 Å². The Hall–Kier alpha value is -2.18. The number of aromatic nitrogens is 1. The Morgan fingerprint density at radius 2 is 2.54 bits per heavy atom. The Morgan fingerprint density at radius 3 is 3.23 bits per heavy atom. The minimum atomic E-state index is 0.144. The molecule has 0 radical (unpaired) electrons. The summed E-state index contributed by atoms with van der Waals surface area (Å²) < 4.78 is 0. The predicted molar refractivity (Wildman–Crippen MR) is 49.5 cm³/mol. The van der Waals surface area contributed by atoms with Crippen LogP contribution in [0, 0.1) is 11.8 Å². The van der Waals surface area contributed by atoms with Gasteiger partial charge in [0.25, 0.3) is 0 Å². The fourth-order valence-corrected chi connectivity index (χ4v) is 0.711. The van der Waals surface area contributed by atoms with Gasteiger partial charge in [-0.2, -0.15) is 0 Å². The molecule has 1 heterocycles. The normalized spacial score (nSPS) is 8.00. The maximum Gasteiger partial charge on any atom is 0.0880 e. The number of azide groups is 1. The van der Waals surface area contributed by atoms with Crippen LogP contribution in [0.1, 0.15) is 5.56 Å². The van der Waals surface area contributed by atoms with Crippen LogP contribution in [-0.2, 0) is 0 Å². The molecule has 0 atom stereocenters. The van der Waals surface area contributed by atoms with Gasteiger partial charge in [0, 0.05) is 17.3 Å². The Kier molecular flexibility index (Phi) is 3.19. The highest BCUT2D eigenvalue weighted by molar-refractivity contribution is 5.53. The third-order valence-electron chi connectivity index (χ3n) is 1.29. The molecular weight excluding hydrogens is 166 g/mol. The van der Waals surface area contributed by atoms with Crippen LogP contribution in [0.5, 0.6) is 0 Å². The zero-order chi connectivity index (χ0) is 9.52. The van der Waals surface area contributed by atoms with E-state index in [1.165, 1.54) is 0 Å². The molecule has 0 unspecified atom stereocenters. The molecule has 5 nitrogen and oxygen atoms in total. The van der Waals surface area contributed by atoms with Gasteiger partial charge >= 0.3 is 0 Å². The Balaban J connectivity index is 2.77. The summed E-state index contributed by atoms with van der Waals surface area (Å²) in [6, 6.07) is 1.66. The quantitative estimate of drug-likeness (QED) is 0.300. The lowest BCUT2D eigenvalue weighted by Gasteiger charge is -1.93. The number of anilines is 1. The second kappa shape index (κ2) is 4.65. The van der Waals surface area contributed by atoms with Crippen LogP contribution >= 0.6 is 0 Å². The molecule has 64 valence electrons. The van der Waals surface area contributed by atoms with Crippen LogP contribution in [0.4, 0.5) is 5.69 Å². The van der Waals surface area contributed by atoms with Gasteiger partial charge in [0.2, 0.25) is 0 Å². The Labute approximate surface area is 75.2 Å². The molecule has 2 N–H and O–H groups in total. The van der Waals surface area contributed by atoms with Gasteiger partial charge in [-0.25, -0.2) is 0 Å². The van der Waals surface area contributed by atoms with E-state index in [0.717, 1.165) is 0 Å². The van der Waals surface area contributed by atoms with Crippen LogP contribution in [-0.4, -0.2) is 11.5 Å². The van der Waals surface area contributed by atoms with Crippen LogP contribution in [0.3, 0.4) is 0 Å². The van der Waals surface area contributed by atoms with Crippen LogP contribution in [0.25, 0.3) is 10.4 Å². The van der Waals surface area contributed by atoms with Gasteiger partial charge in [-0.3, -0.25) is 4.98 Å². The molecule has 0 aliphatic rings. The zero-order valence-electron chi connectivity index (χ0n) is 6.81. The highest BCUT2D eigenvalue weighted by atomic mass is 15.1. The molecule has 0 fully saturated rings. The maximum absolute atomic E-state index is 7.97. The first kappa shape index (κ1) is 8.91. The molecule has 0 spiro atoms. The van der Waals surface area contributed by atoms with E-state index in [-0.39, 0.29) is 6.54 Å². The fraction of sp³-hybridized carbons (Fsp3) is 0.125. The zero-order valence-corrected chi connectivity index (χ0v) is 6.81. The standard InChI is InChI=1S/C8H7N5/c9-8-3-5-11-6-7(8)2-1-4-12-13-10/h3,5-6H,4H2,(H2,9,11). The van der Waals surface area contributed by atoms with Crippen molar-refractivity contribution < 1.29 is 0 Å². The summed E-state index contributed by atoms with van der Waals surface area (Å²) in [5, 5.41) is 3.26. The fourth-order valence-electron chi connectivity index (χ4n) is 0.711. The van der Waals surface area contributed by atoms with E-state index < -0.39 is 0 Å². The van der Waals surface area contributed by atoms with E-state index in [1.54, 1.807) is 18.5 Å². The van der Waals surface area contributed by atoms with Gasteiger partial charge in [-0.05, 0) is 11.6 Å². The van der Waals surface area contributed by atoms with Crippen LogP contribution < -0.4 is 5.73 Å². The van der Waals surface area contributed by atoms with Crippen molar-refractivity contribution in [2.45, 2.75) is 0 Å². The van der Waals surface area contributed by atoms with Gasteiger partial charge in [0.05, 0.1) is 17.8 Å². The number of nitrogen functional groups attached to an aromatic ring is 1. The summed E-state index contributed by atoms with van der Waals surface area (Å²) in [6.07, 6.45) is 3.16. The third kappa shape index (κ3) is 2.73. The van der Waals surface area contributed by atoms with E-state index in [0.29, 0.717) is 11.3 Å². The molecule has 0 aliphatic heterocycles. The van der Waals surface area contributed by atoms with Crippen LogP contribution in [0.15, 0.2) is 23.6 Å². The molecular formula is C8H7N5. The minimum Gasteiger partial charge on any atom is -0.398 e. The predicted octanol–water partition coefficient (Wildman–Crippen LogP) is 1.33. The second-order valence-corrected chi connectivity index (χ2v) is 2.15. The molecule has 13 heavy (non-hydrogen) atoms. The number of hydrogen-bond donors (Lipinski definition) is 1. The average molecular weight is 173 g/mol. The van der Waals surface area contributed by atoms with Crippen molar-refractivity contribution >= 4 is 5.69 Å². The molecule has 5 heteroatoms. The van der Waals surface area contributed by atoms with E-state index in [9.17, 15) is 0 Å². The summed E-state index contributed by atoms with van der Waals surface area (Å²) >= 11 is 0. The second-order valence-electron chi connectivity index (χ2n) is 2.15. The SMILES string of the molecule is [N-]=[N+]=NCC#Cc1cnccc1N. The summed E-state index contributed by atoms with van der Waals surface area (Å²) in [7, 11) is 0. The molecule has 0 amide bonds. The average Bonchev–Trinajstić information content (AvgIpc) is 2.15. The van der Waals surface area contributed by atoms with E-state index >= 15 is 0 Å².